The third-order valence-corrected chi connectivity index (χ3v) is 2.96. The summed E-state index contributed by atoms with van der Waals surface area (Å²) < 4.78 is 5.69. The van der Waals surface area contributed by atoms with E-state index in [1.807, 2.05) is 55.5 Å². The third kappa shape index (κ3) is 4.23. The van der Waals surface area contributed by atoms with E-state index < -0.39 is 0 Å². The van der Waals surface area contributed by atoms with Gasteiger partial charge in [0.2, 0.25) is 0 Å². The Bertz CT molecular complexity index is 698. The van der Waals surface area contributed by atoms with Crippen molar-refractivity contribution in [3.8, 4) is 17.9 Å². The lowest BCUT2D eigenvalue weighted by Gasteiger charge is -2.06. The summed E-state index contributed by atoms with van der Waals surface area (Å²) in [6, 6.07) is 19.1. The molecule has 0 unspecified atom stereocenters. The smallest absolute Gasteiger partial charge is 0.130 e. The van der Waals surface area contributed by atoms with Crippen molar-refractivity contribution in [2.45, 2.75) is 13.5 Å². The summed E-state index contributed by atoms with van der Waals surface area (Å²) in [5.41, 5.74) is 3.22. The van der Waals surface area contributed by atoms with Gasteiger partial charge in [0.1, 0.15) is 30.1 Å². The molecule has 2 aromatic rings. The number of aryl methyl sites for hydroxylation is 1. The fraction of sp³-hybridized carbons (Fsp3) is 0.111. The number of hydrogen-bond donors (Lipinski definition) is 0. The molecule has 3 heteroatoms. The van der Waals surface area contributed by atoms with Crippen LogP contribution in [0, 0.1) is 29.6 Å². The second-order valence-corrected chi connectivity index (χ2v) is 4.62. The zero-order valence-corrected chi connectivity index (χ0v) is 11.7. The second-order valence-electron chi connectivity index (χ2n) is 4.62. The SMILES string of the molecule is Cc1ccc(COc2ccc(C=C(C#N)C#N)cc2)cc1. The molecule has 102 valence electrons. The van der Waals surface area contributed by atoms with Gasteiger partial charge in [0.15, 0.2) is 0 Å². The Hall–Kier alpha value is -3.04. The molecule has 0 aliphatic heterocycles. The van der Waals surface area contributed by atoms with Crippen molar-refractivity contribution in [1.82, 2.24) is 0 Å². The number of benzene rings is 2. The Morgan fingerprint density at radius 3 is 2.19 bits per heavy atom. The topological polar surface area (TPSA) is 56.8 Å². The first kappa shape index (κ1) is 14.4. The van der Waals surface area contributed by atoms with E-state index in [0.717, 1.165) is 16.9 Å². The van der Waals surface area contributed by atoms with Gasteiger partial charge in [0.25, 0.3) is 0 Å². The van der Waals surface area contributed by atoms with Crippen LogP contribution in [0.2, 0.25) is 0 Å². The molecule has 0 radical (unpaired) electrons. The zero-order chi connectivity index (χ0) is 15.1. The van der Waals surface area contributed by atoms with Gasteiger partial charge in [-0.15, -0.1) is 0 Å². The fourth-order valence-electron chi connectivity index (χ4n) is 1.77. The van der Waals surface area contributed by atoms with Crippen LogP contribution < -0.4 is 4.74 Å². The molecule has 0 atom stereocenters. The largest absolute Gasteiger partial charge is 0.489 e. The molecule has 2 rings (SSSR count). The molecule has 0 bridgehead atoms. The summed E-state index contributed by atoms with van der Waals surface area (Å²) in [5, 5.41) is 17.4. The summed E-state index contributed by atoms with van der Waals surface area (Å²) >= 11 is 0. The highest BCUT2D eigenvalue weighted by atomic mass is 16.5. The lowest BCUT2D eigenvalue weighted by Crippen LogP contribution is -1.95. The Morgan fingerprint density at radius 2 is 1.62 bits per heavy atom. The van der Waals surface area contributed by atoms with Gasteiger partial charge >= 0.3 is 0 Å². The Labute approximate surface area is 124 Å². The normalized spacial score (nSPS) is 9.29. The molecule has 0 fully saturated rings. The van der Waals surface area contributed by atoms with E-state index in [4.69, 9.17) is 15.3 Å². The number of hydrogen-bond acceptors (Lipinski definition) is 3. The van der Waals surface area contributed by atoms with E-state index in [9.17, 15) is 0 Å². The van der Waals surface area contributed by atoms with Gasteiger partial charge in [-0.2, -0.15) is 10.5 Å². The van der Waals surface area contributed by atoms with Crippen LogP contribution in [0.4, 0.5) is 0 Å². The lowest BCUT2D eigenvalue weighted by atomic mass is 10.1. The standard InChI is InChI=1S/C18H14N2O/c1-14-2-4-16(5-3-14)13-21-18-8-6-15(7-9-18)10-17(11-19)12-20/h2-10H,13H2,1H3. The molecule has 0 aliphatic rings. The summed E-state index contributed by atoms with van der Waals surface area (Å²) in [5.74, 6) is 0.753. The van der Waals surface area contributed by atoms with Crippen LogP contribution in [0.25, 0.3) is 6.08 Å². The van der Waals surface area contributed by atoms with Crippen LogP contribution in [-0.2, 0) is 6.61 Å². The molecule has 0 spiro atoms. The summed E-state index contributed by atoms with van der Waals surface area (Å²) in [6.45, 7) is 2.56. The maximum absolute atomic E-state index is 8.71. The average Bonchev–Trinajstić information content (AvgIpc) is 2.53. The molecule has 0 saturated carbocycles. The second kappa shape index (κ2) is 6.93. The van der Waals surface area contributed by atoms with Crippen molar-refractivity contribution in [1.29, 1.82) is 10.5 Å². The van der Waals surface area contributed by atoms with Gasteiger partial charge in [-0.25, -0.2) is 0 Å². The Kier molecular flexibility index (Phi) is 4.75. The molecule has 0 aromatic heterocycles. The highest BCUT2D eigenvalue weighted by Crippen LogP contribution is 2.16. The van der Waals surface area contributed by atoms with E-state index in [1.54, 1.807) is 6.08 Å². The van der Waals surface area contributed by atoms with E-state index in [-0.39, 0.29) is 5.57 Å². The van der Waals surface area contributed by atoms with Crippen molar-refractivity contribution >= 4 is 6.08 Å². The molecule has 3 nitrogen and oxygen atoms in total. The molecule has 2 aromatic carbocycles. The maximum Gasteiger partial charge on any atom is 0.130 e. The number of rotatable bonds is 4. The quantitative estimate of drug-likeness (QED) is 0.792. The first-order valence-electron chi connectivity index (χ1n) is 6.51. The van der Waals surface area contributed by atoms with Crippen LogP contribution in [-0.4, -0.2) is 0 Å². The molecule has 21 heavy (non-hydrogen) atoms. The van der Waals surface area contributed by atoms with Crippen LogP contribution in [0.15, 0.2) is 54.1 Å². The minimum atomic E-state index is 0.0864. The lowest BCUT2D eigenvalue weighted by molar-refractivity contribution is 0.306. The van der Waals surface area contributed by atoms with Gasteiger partial charge in [0, 0.05) is 0 Å². The average molecular weight is 274 g/mol. The van der Waals surface area contributed by atoms with Crippen LogP contribution in [0.5, 0.6) is 5.75 Å². The zero-order valence-electron chi connectivity index (χ0n) is 11.7. The van der Waals surface area contributed by atoms with Crippen molar-refractivity contribution in [3.05, 3.63) is 70.8 Å². The highest BCUT2D eigenvalue weighted by molar-refractivity contribution is 5.62. The Morgan fingerprint density at radius 1 is 1.00 bits per heavy atom. The van der Waals surface area contributed by atoms with Crippen molar-refractivity contribution in [3.63, 3.8) is 0 Å². The molecule has 0 saturated heterocycles. The van der Waals surface area contributed by atoms with Gasteiger partial charge in [-0.1, -0.05) is 42.0 Å². The molecule has 0 amide bonds. The van der Waals surface area contributed by atoms with Gasteiger partial charge in [0.05, 0.1) is 0 Å². The number of nitrogens with zero attached hydrogens (tertiary/aromatic N) is 2. The summed E-state index contributed by atoms with van der Waals surface area (Å²) in [7, 11) is 0. The van der Waals surface area contributed by atoms with E-state index in [0.29, 0.717) is 6.61 Å². The van der Waals surface area contributed by atoms with Crippen molar-refractivity contribution < 1.29 is 4.74 Å². The Balaban J connectivity index is 2.00. The molecule has 0 N–H and O–H groups in total. The van der Waals surface area contributed by atoms with Crippen LogP contribution in [0.1, 0.15) is 16.7 Å². The van der Waals surface area contributed by atoms with Gasteiger partial charge in [-0.05, 0) is 36.3 Å². The number of nitriles is 2. The van der Waals surface area contributed by atoms with Crippen LogP contribution in [0.3, 0.4) is 0 Å². The van der Waals surface area contributed by atoms with Crippen molar-refractivity contribution in [2.75, 3.05) is 0 Å². The maximum atomic E-state index is 8.71. The summed E-state index contributed by atoms with van der Waals surface area (Å²) in [6.07, 6.45) is 1.55. The number of ether oxygens (including phenoxy) is 1. The van der Waals surface area contributed by atoms with E-state index in [1.165, 1.54) is 5.56 Å². The fourth-order valence-corrected chi connectivity index (χ4v) is 1.77. The molecule has 0 aliphatic carbocycles. The predicted molar refractivity (Wildman–Crippen MR) is 81.2 cm³/mol. The monoisotopic (exact) mass is 274 g/mol. The first-order chi connectivity index (χ1) is 10.2. The van der Waals surface area contributed by atoms with Gasteiger partial charge in [-0.3, -0.25) is 0 Å². The first-order valence-corrected chi connectivity index (χ1v) is 6.51. The van der Waals surface area contributed by atoms with E-state index in [2.05, 4.69) is 12.1 Å². The highest BCUT2D eigenvalue weighted by Gasteiger charge is 1.98. The number of allylic oxidation sites excluding steroid dienone is 1. The van der Waals surface area contributed by atoms with E-state index >= 15 is 0 Å². The van der Waals surface area contributed by atoms with Crippen molar-refractivity contribution in [2.24, 2.45) is 0 Å². The summed E-state index contributed by atoms with van der Waals surface area (Å²) in [4.78, 5) is 0. The molecular weight excluding hydrogens is 260 g/mol. The predicted octanol–water partition coefficient (Wildman–Crippen LogP) is 4.00. The third-order valence-electron chi connectivity index (χ3n) is 2.96. The molecule has 0 heterocycles. The van der Waals surface area contributed by atoms with Gasteiger partial charge < -0.3 is 4.74 Å². The van der Waals surface area contributed by atoms with Crippen LogP contribution >= 0.6 is 0 Å². The minimum Gasteiger partial charge on any atom is -0.489 e. The minimum absolute atomic E-state index is 0.0864. The molecular formula is C18H14N2O.